The van der Waals surface area contributed by atoms with Gasteiger partial charge in [-0.25, -0.2) is 0 Å². The summed E-state index contributed by atoms with van der Waals surface area (Å²) in [6, 6.07) is 1.26. The van der Waals surface area contributed by atoms with Crippen LogP contribution in [0.15, 0.2) is 10.6 Å². The van der Waals surface area contributed by atoms with E-state index >= 15 is 0 Å². The van der Waals surface area contributed by atoms with E-state index < -0.39 is 18.6 Å². The number of hydrogen-bond acceptors (Lipinski definition) is 3. The molecule has 78 valence electrons. The third-order valence-corrected chi connectivity index (χ3v) is 1.31. The molecule has 0 aliphatic carbocycles. The molecule has 1 aromatic rings. The van der Waals surface area contributed by atoms with Gasteiger partial charge in [-0.15, -0.1) is 0 Å². The maximum absolute atomic E-state index is 11.7. The van der Waals surface area contributed by atoms with Gasteiger partial charge >= 0.3 is 6.18 Å². The molecule has 0 saturated heterocycles. The quantitative estimate of drug-likeness (QED) is 0.796. The summed E-state index contributed by atoms with van der Waals surface area (Å²) >= 11 is 0. The van der Waals surface area contributed by atoms with Gasteiger partial charge in [-0.3, -0.25) is 4.79 Å². The van der Waals surface area contributed by atoms with Crippen molar-refractivity contribution in [1.82, 2.24) is 10.5 Å². The van der Waals surface area contributed by atoms with Gasteiger partial charge in [0.05, 0.1) is 0 Å². The van der Waals surface area contributed by atoms with Crippen LogP contribution in [0.25, 0.3) is 0 Å². The molecule has 0 fully saturated rings. The van der Waals surface area contributed by atoms with Gasteiger partial charge in [0.25, 0.3) is 5.91 Å². The molecular weight excluding hydrogens is 201 g/mol. The minimum absolute atomic E-state index is 0.160. The summed E-state index contributed by atoms with van der Waals surface area (Å²) in [7, 11) is 0. The van der Waals surface area contributed by atoms with Crippen molar-refractivity contribution in [2.45, 2.75) is 13.1 Å². The molecule has 1 N–H and O–H groups in total. The van der Waals surface area contributed by atoms with Crippen molar-refractivity contribution in [3.05, 3.63) is 17.5 Å². The second kappa shape index (κ2) is 3.69. The minimum Gasteiger partial charge on any atom is -0.361 e. The molecule has 0 aromatic carbocycles. The number of hydrogen-bond donors (Lipinski definition) is 1. The summed E-state index contributed by atoms with van der Waals surface area (Å²) in [4.78, 5) is 11.0. The summed E-state index contributed by atoms with van der Waals surface area (Å²) in [5.74, 6) is -0.540. The van der Waals surface area contributed by atoms with E-state index in [1.165, 1.54) is 13.0 Å². The van der Waals surface area contributed by atoms with Gasteiger partial charge < -0.3 is 9.84 Å². The van der Waals surface area contributed by atoms with E-state index in [9.17, 15) is 18.0 Å². The molecular formula is C7H7F3N2O2. The molecule has 1 rings (SSSR count). The molecule has 0 aliphatic heterocycles. The lowest BCUT2D eigenvalue weighted by Gasteiger charge is -2.05. The Balaban J connectivity index is 2.52. The highest BCUT2D eigenvalue weighted by atomic mass is 19.4. The fourth-order valence-electron chi connectivity index (χ4n) is 0.744. The molecule has 0 bridgehead atoms. The standard InChI is InChI=1S/C7H7F3N2O2/c1-4-2-5(12-14-4)6(13)11-3-7(8,9)10/h2H,3H2,1H3,(H,11,13). The fraction of sp³-hybridized carbons (Fsp3) is 0.429. The lowest BCUT2D eigenvalue weighted by Crippen LogP contribution is -2.33. The number of nitrogens with one attached hydrogen (secondary N) is 1. The van der Waals surface area contributed by atoms with Crippen LogP contribution in [0, 0.1) is 6.92 Å². The van der Waals surface area contributed by atoms with Gasteiger partial charge in [-0.2, -0.15) is 13.2 Å². The van der Waals surface area contributed by atoms with Crippen LogP contribution in [0.5, 0.6) is 0 Å². The van der Waals surface area contributed by atoms with Crippen molar-refractivity contribution in [1.29, 1.82) is 0 Å². The van der Waals surface area contributed by atoms with Crippen LogP contribution in [0.1, 0.15) is 16.2 Å². The van der Waals surface area contributed by atoms with Gasteiger partial charge in [0.1, 0.15) is 12.3 Å². The average molecular weight is 208 g/mol. The molecule has 0 spiro atoms. The zero-order valence-electron chi connectivity index (χ0n) is 7.18. The van der Waals surface area contributed by atoms with Crippen LogP contribution >= 0.6 is 0 Å². The summed E-state index contributed by atoms with van der Waals surface area (Å²) in [5.41, 5.74) is -0.160. The van der Waals surface area contributed by atoms with Gasteiger partial charge in [-0.1, -0.05) is 5.16 Å². The third kappa shape index (κ3) is 3.08. The fourth-order valence-corrected chi connectivity index (χ4v) is 0.744. The number of halogens is 3. The number of amides is 1. The number of aromatic nitrogens is 1. The van der Waals surface area contributed by atoms with E-state index in [-0.39, 0.29) is 5.69 Å². The largest absolute Gasteiger partial charge is 0.405 e. The first-order chi connectivity index (χ1) is 6.38. The van der Waals surface area contributed by atoms with E-state index in [4.69, 9.17) is 0 Å². The number of alkyl halides is 3. The van der Waals surface area contributed by atoms with Crippen molar-refractivity contribution in [3.63, 3.8) is 0 Å². The maximum atomic E-state index is 11.7. The number of nitrogens with zero attached hydrogens (tertiary/aromatic N) is 1. The Hall–Kier alpha value is -1.53. The number of rotatable bonds is 2. The van der Waals surface area contributed by atoms with Crippen molar-refractivity contribution < 1.29 is 22.5 Å². The molecule has 1 amide bonds. The van der Waals surface area contributed by atoms with Crippen molar-refractivity contribution >= 4 is 5.91 Å². The minimum atomic E-state index is -4.42. The van der Waals surface area contributed by atoms with Crippen molar-refractivity contribution in [2.75, 3.05) is 6.54 Å². The highest BCUT2D eigenvalue weighted by molar-refractivity contribution is 5.92. The highest BCUT2D eigenvalue weighted by Crippen LogP contribution is 2.12. The number of carbonyl (C=O) groups is 1. The Labute approximate surface area is 77.1 Å². The van der Waals surface area contributed by atoms with Crippen LogP contribution in [0.4, 0.5) is 13.2 Å². The monoisotopic (exact) mass is 208 g/mol. The maximum Gasteiger partial charge on any atom is 0.405 e. The third-order valence-electron chi connectivity index (χ3n) is 1.31. The molecule has 1 aromatic heterocycles. The van der Waals surface area contributed by atoms with E-state index in [2.05, 4.69) is 9.68 Å². The van der Waals surface area contributed by atoms with E-state index in [0.717, 1.165) is 0 Å². The Morgan fingerprint density at radius 2 is 2.29 bits per heavy atom. The lowest BCUT2D eigenvalue weighted by molar-refractivity contribution is -0.123. The zero-order chi connectivity index (χ0) is 10.8. The molecule has 0 radical (unpaired) electrons. The van der Waals surface area contributed by atoms with Crippen molar-refractivity contribution in [3.8, 4) is 0 Å². The topological polar surface area (TPSA) is 55.1 Å². The van der Waals surface area contributed by atoms with E-state index in [1.807, 2.05) is 0 Å². The van der Waals surface area contributed by atoms with Crippen LogP contribution in [0.2, 0.25) is 0 Å². The zero-order valence-corrected chi connectivity index (χ0v) is 7.18. The summed E-state index contributed by atoms with van der Waals surface area (Å²) in [6.45, 7) is 0.158. The smallest absolute Gasteiger partial charge is 0.361 e. The Bertz CT molecular complexity index is 332. The van der Waals surface area contributed by atoms with Crippen LogP contribution in [-0.4, -0.2) is 23.8 Å². The molecule has 7 heteroatoms. The molecule has 0 unspecified atom stereocenters. The van der Waals surface area contributed by atoms with Gasteiger partial charge in [0, 0.05) is 6.07 Å². The lowest BCUT2D eigenvalue weighted by atomic mass is 10.3. The predicted molar refractivity (Wildman–Crippen MR) is 39.6 cm³/mol. The Kier molecular flexibility index (Phi) is 2.78. The first-order valence-corrected chi connectivity index (χ1v) is 3.67. The van der Waals surface area contributed by atoms with Gasteiger partial charge in [-0.05, 0) is 6.92 Å². The Morgan fingerprint density at radius 3 is 2.71 bits per heavy atom. The second-order valence-corrected chi connectivity index (χ2v) is 2.62. The SMILES string of the molecule is Cc1cc(C(=O)NCC(F)(F)F)no1. The van der Waals surface area contributed by atoms with Crippen molar-refractivity contribution in [2.24, 2.45) is 0 Å². The molecule has 4 nitrogen and oxygen atoms in total. The normalized spacial score (nSPS) is 11.4. The summed E-state index contributed by atoms with van der Waals surface area (Å²) in [5, 5.41) is 4.93. The highest BCUT2D eigenvalue weighted by Gasteiger charge is 2.28. The van der Waals surface area contributed by atoms with Crippen LogP contribution < -0.4 is 5.32 Å². The van der Waals surface area contributed by atoms with Gasteiger partial charge in [0.15, 0.2) is 5.69 Å². The predicted octanol–water partition coefficient (Wildman–Crippen LogP) is 1.28. The van der Waals surface area contributed by atoms with E-state index in [1.54, 1.807) is 5.32 Å². The summed E-state index contributed by atoms with van der Waals surface area (Å²) < 4.78 is 39.6. The Morgan fingerprint density at radius 1 is 1.64 bits per heavy atom. The first kappa shape index (κ1) is 10.6. The average Bonchev–Trinajstić information content (AvgIpc) is 2.46. The molecule has 0 atom stereocenters. The van der Waals surface area contributed by atoms with Crippen LogP contribution in [0.3, 0.4) is 0 Å². The number of carbonyl (C=O) groups excluding carboxylic acids is 1. The van der Waals surface area contributed by atoms with Crippen LogP contribution in [-0.2, 0) is 0 Å². The second-order valence-electron chi connectivity index (χ2n) is 2.62. The van der Waals surface area contributed by atoms with E-state index in [0.29, 0.717) is 5.76 Å². The van der Waals surface area contributed by atoms with Gasteiger partial charge in [0.2, 0.25) is 0 Å². The molecule has 1 heterocycles. The molecule has 0 saturated carbocycles. The molecule has 14 heavy (non-hydrogen) atoms. The summed E-state index contributed by atoms with van der Waals surface area (Å²) in [6.07, 6.45) is -4.42. The molecule has 0 aliphatic rings. The first-order valence-electron chi connectivity index (χ1n) is 3.67. The number of aryl methyl sites for hydroxylation is 1.